The molecule has 0 spiro atoms. The summed E-state index contributed by atoms with van der Waals surface area (Å²) in [6.07, 6.45) is 3.74. The fraction of sp³-hybridized carbons (Fsp3) is 0.286. The predicted molar refractivity (Wildman–Crippen MR) is 78.9 cm³/mol. The Labute approximate surface area is 111 Å². The van der Waals surface area contributed by atoms with Crippen molar-refractivity contribution in [3.05, 3.63) is 35.9 Å². The van der Waals surface area contributed by atoms with E-state index in [1.807, 2.05) is 30.3 Å². The molecule has 1 aliphatic carbocycles. The summed E-state index contributed by atoms with van der Waals surface area (Å²) in [5.41, 5.74) is 7.64. The van der Waals surface area contributed by atoms with E-state index in [0.717, 1.165) is 22.3 Å². The highest BCUT2D eigenvalue weighted by Gasteiger charge is 2.18. The van der Waals surface area contributed by atoms with Gasteiger partial charge in [-0.05, 0) is 31.4 Å². The van der Waals surface area contributed by atoms with Gasteiger partial charge in [-0.1, -0.05) is 30.4 Å². The molecule has 0 saturated heterocycles. The van der Waals surface area contributed by atoms with Gasteiger partial charge in [-0.3, -0.25) is 0 Å². The summed E-state index contributed by atoms with van der Waals surface area (Å²) >= 11 is 5.13. The maximum absolute atomic E-state index is 5.80. The van der Waals surface area contributed by atoms with Crippen molar-refractivity contribution < 1.29 is 0 Å². The maximum Gasteiger partial charge on any atom is 0.127 e. The molecule has 0 atom stereocenters. The van der Waals surface area contributed by atoms with Crippen LogP contribution >= 0.6 is 12.2 Å². The van der Waals surface area contributed by atoms with Crippen LogP contribution in [0.1, 0.15) is 24.8 Å². The fourth-order valence-corrected chi connectivity index (χ4v) is 2.38. The Bertz CT molecular complexity index is 605. The minimum atomic E-state index is 0.422. The molecule has 0 unspecified atom stereocenters. The van der Waals surface area contributed by atoms with Crippen molar-refractivity contribution in [3.8, 4) is 0 Å². The molecule has 1 saturated carbocycles. The molecule has 18 heavy (non-hydrogen) atoms. The Morgan fingerprint density at radius 1 is 1.33 bits per heavy atom. The monoisotopic (exact) mass is 257 g/mol. The lowest BCUT2D eigenvalue weighted by Crippen LogP contribution is -2.27. The molecule has 3 rings (SSSR count). The molecule has 1 aromatic carbocycles. The molecular weight excluding hydrogens is 242 g/mol. The number of thiocarbonyl (C=S) groups is 1. The van der Waals surface area contributed by atoms with Gasteiger partial charge in [-0.15, -0.1) is 0 Å². The van der Waals surface area contributed by atoms with E-state index in [4.69, 9.17) is 18.0 Å². The molecule has 1 aliphatic rings. The lowest BCUT2D eigenvalue weighted by molar-refractivity contribution is 0.444. The second-order valence-corrected chi connectivity index (χ2v) is 5.15. The Morgan fingerprint density at radius 2 is 2.11 bits per heavy atom. The second kappa shape index (κ2) is 4.53. The fourth-order valence-electron chi connectivity index (χ4n) is 2.21. The van der Waals surface area contributed by atoms with Crippen LogP contribution in [0.15, 0.2) is 30.3 Å². The van der Waals surface area contributed by atoms with E-state index in [1.54, 1.807) is 0 Å². The SMILES string of the molecule is NC(=S)c1cc(NC2CCC2)nc2ccccc12. The summed E-state index contributed by atoms with van der Waals surface area (Å²) in [6, 6.07) is 10.5. The van der Waals surface area contributed by atoms with E-state index >= 15 is 0 Å². The van der Waals surface area contributed by atoms with Crippen LogP contribution in [0.25, 0.3) is 10.9 Å². The summed E-state index contributed by atoms with van der Waals surface area (Å²) < 4.78 is 0. The molecule has 0 amide bonds. The van der Waals surface area contributed by atoms with Crippen molar-refractivity contribution in [1.82, 2.24) is 4.98 Å². The van der Waals surface area contributed by atoms with Crippen molar-refractivity contribution in [2.75, 3.05) is 5.32 Å². The second-order valence-electron chi connectivity index (χ2n) is 4.71. The maximum atomic E-state index is 5.80. The number of nitrogens with zero attached hydrogens (tertiary/aromatic N) is 1. The summed E-state index contributed by atoms with van der Waals surface area (Å²) in [4.78, 5) is 5.04. The standard InChI is InChI=1S/C14H15N3S/c15-14(18)11-8-13(16-9-4-3-5-9)17-12-7-2-1-6-10(11)12/h1-2,6-9H,3-5H2,(H2,15,18)(H,16,17). The summed E-state index contributed by atoms with van der Waals surface area (Å²) in [7, 11) is 0. The first-order valence-electron chi connectivity index (χ1n) is 6.20. The molecule has 92 valence electrons. The lowest BCUT2D eigenvalue weighted by atomic mass is 9.93. The van der Waals surface area contributed by atoms with E-state index in [2.05, 4.69) is 10.3 Å². The number of rotatable bonds is 3. The molecule has 1 aromatic heterocycles. The first-order valence-corrected chi connectivity index (χ1v) is 6.61. The molecule has 4 heteroatoms. The van der Waals surface area contributed by atoms with Crippen LogP contribution in [0.4, 0.5) is 5.82 Å². The van der Waals surface area contributed by atoms with Gasteiger partial charge in [0.05, 0.1) is 5.52 Å². The van der Waals surface area contributed by atoms with Gasteiger partial charge < -0.3 is 11.1 Å². The molecule has 0 bridgehead atoms. The Balaban J connectivity index is 2.07. The zero-order valence-corrected chi connectivity index (χ0v) is 10.8. The van der Waals surface area contributed by atoms with Crippen LogP contribution < -0.4 is 11.1 Å². The van der Waals surface area contributed by atoms with Crippen LogP contribution in [0.3, 0.4) is 0 Å². The smallest absolute Gasteiger partial charge is 0.127 e. The number of nitrogens with one attached hydrogen (secondary N) is 1. The van der Waals surface area contributed by atoms with Crippen LogP contribution in [-0.2, 0) is 0 Å². The minimum absolute atomic E-state index is 0.422. The topological polar surface area (TPSA) is 50.9 Å². The average molecular weight is 257 g/mol. The number of anilines is 1. The molecule has 0 radical (unpaired) electrons. The van der Waals surface area contributed by atoms with Crippen molar-refractivity contribution in [2.45, 2.75) is 25.3 Å². The van der Waals surface area contributed by atoms with Gasteiger partial charge in [0.25, 0.3) is 0 Å². The van der Waals surface area contributed by atoms with Gasteiger partial charge in [0.2, 0.25) is 0 Å². The third-order valence-electron chi connectivity index (χ3n) is 3.44. The zero-order chi connectivity index (χ0) is 12.5. The Hall–Kier alpha value is -1.68. The Morgan fingerprint density at radius 3 is 2.78 bits per heavy atom. The quantitative estimate of drug-likeness (QED) is 0.830. The van der Waals surface area contributed by atoms with E-state index < -0.39 is 0 Å². The van der Waals surface area contributed by atoms with Crippen LogP contribution in [0.2, 0.25) is 0 Å². The number of aromatic nitrogens is 1. The number of fused-ring (bicyclic) bond motifs is 1. The number of para-hydroxylation sites is 1. The Kier molecular flexibility index (Phi) is 2.88. The van der Waals surface area contributed by atoms with Gasteiger partial charge in [0, 0.05) is 17.0 Å². The molecular formula is C14H15N3S. The third-order valence-corrected chi connectivity index (χ3v) is 3.66. The molecule has 0 aliphatic heterocycles. The third kappa shape index (κ3) is 2.04. The highest BCUT2D eigenvalue weighted by molar-refractivity contribution is 7.80. The summed E-state index contributed by atoms with van der Waals surface area (Å²) in [5.74, 6) is 0.876. The van der Waals surface area contributed by atoms with Crippen molar-refractivity contribution in [1.29, 1.82) is 0 Å². The van der Waals surface area contributed by atoms with Crippen molar-refractivity contribution in [3.63, 3.8) is 0 Å². The molecule has 2 aromatic rings. The first-order chi connectivity index (χ1) is 8.74. The van der Waals surface area contributed by atoms with E-state index in [0.29, 0.717) is 11.0 Å². The largest absolute Gasteiger partial charge is 0.389 e. The zero-order valence-electron chi connectivity index (χ0n) is 10.0. The molecule has 1 heterocycles. The van der Waals surface area contributed by atoms with Crippen LogP contribution in [-0.4, -0.2) is 16.0 Å². The lowest BCUT2D eigenvalue weighted by Gasteiger charge is -2.27. The predicted octanol–water partition coefficient (Wildman–Crippen LogP) is 2.83. The van der Waals surface area contributed by atoms with Crippen LogP contribution in [0.5, 0.6) is 0 Å². The van der Waals surface area contributed by atoms with Gasteiger partial charge in [-0.2, -0.15) is 0 Å². The number of benzene rings is 1. The minimum Gasteiger partial charge on any atom is -0.389 e. The summed E-state index contributed by atoms with van der Waals surface area (Å²) in [5, 5.41) is 4.46. The van der Waals surface area contributed by atoms with Gasteiger partial charge in [-0.25, -0.2) is 4.98 Å². The number of hydrogen-bond donors (Lipinski definition) is 2. The average Bonchev–Trinajstić information content (AvgIpc) is 2.32. The first kappa shape index (κ1) is 11.4. The van der Waals surface area contributed by atoms with Gasteiger partial charge >= 0.3 is 0 Å². The van der Waals surface area contributed by atoms with Crippen LogP contribution in [0, 0.1) is 0 Å². The molecule has 3 N–H and O–H groups in total. The van der Waals surface area contributed by atoms with E-state index in [1.165, 1.54) is 19.3 Å². The number of nitrogens with two attached hydrogens (primary N) is 1. The summed E-state index contributed by atoms with van der Waals surface area (Å²) in [6.45, 7) is 0. The normalized spacial score (nSPS) is 15.3. The number of pyridine rings is 1. The van der Waals surface area contributed by atoms with Crippen molar-refractivity contribution >= 4 is 33.9 Å². The highest BCUT2D eigenvalue weighted by atomic mass is 32.1. The molecule has 3 nitrogen and oxygen atoms in total. The van der Waals surface area contributed by atoms with E-state index in [-0.39, 0.29) is 0 Å². The molecule has 1 fully saturated rings. The highest BCUT2D eigenvalue weighted by Crippen LogP contribution is 2.25. The van der Waals surface area contributed by atoms with E-state index in [9.17, 15) is 0 Å². The van der Waals surface area contributed by atoms with Crippen molar-refractivity contribution in [2.24, 2.45) is 5.73 Å². The van der Waals surface area contributed by atoms with Gasteiger partial charge in [0.15, 0.2) is 0 Å². The number of hydrogen-bond acceptors (Lipinski definition) is 3. The van der Waals surface area contributed by atoms with Gasteiger partial charge in [0.1, 0.15) is 10.8 Å².